The van der Waals surface area contributed by atoms with Crippen LogP contribution < -0.4 is 128 Å². The minimum atomic E-state index is -5.31. The topological polar surface area (TPSA) is 374 Å². The molecule has 74 heavy (non-hydrogen) atoms. The van der Waals surface area contributed by atoms with Gasteiger partial charge in [-0.2, -0.15) is 20.5 Å². The number of methoxy groups -OCH3 is 2. The summed E-state index contributed by atoms with van der Waals surface area (Å²) in [5, 5.41) is 50.3. The van der Waals surface area contributed by atoms with Crippen molar-refractivity contribution >= 4 is 98.1 Å². The summed E-state index contributed by atoms with van der Waals surface area (Å²) in [5.41, 5.74) is -0.619. The van der Waals surface area contributed by atoms with Crippen molar-refractivity contribution in [3.05, 3.63) is 142 Å². The maximum absolute atomic E-state index is 13.3. The number of azo groups is 4. The molecule has 6 aromatic carbocycles. The average Bonchev–Trinajstić information content (AvgIpc) is 3.29. The summed E-state index contributed by atoms with van der Waals surface area (Å²) >= 11 is 0. The van der Waals surface area contributed by atoms with Crippen molar-refractivity contribution in [2.75, 3.05) is 14.2 Å². The molecule has 0 amide bonds. The van der Waals surface area contributed by atoms with Crippen LogP contribution >= 0.6 is 0 Å². The van der Waals surface area contributed by atoms with Gasteiger partial charge in [0.1, 0.15) is 51.8 Å². The third-order valence-corrected chi connectivity index (χ3v) is 13.0. The van der Waals surface area contributed by atoms with Gasteiger partial charge in [-0.25, -0.2) is 33.7 Å². The summed E-state index contributed by atoms with van der Waals surface area (Å²) in [4.78, 5) is -2.70. The summed E-state index contributed by atoms with van der Waals surface area (Å²) in [6.45, 7) is 3.07. The fourth-order valence-corrected chi connectivity index (χ4v) is 8.57. The van der Waals surface area contributed by atoms with Crippen LogP contribution in [0.15, 0.2) is 159 Å². The first-order valence-corrected chi connectivity index (χ1v) is 25.0. The standard InChI is InChI=1S/C42H36N8O16S4.4Na/c1-25-17-37(39(65-3)23-35(25)45-43-29-7-5-9-33(19-29)67(53,54)55)49(51)47-31-15-13-27(41(21-31)69(59,60)61)11-12-28-14-16-32(22-42(28)70(62,63)64)48-50(52)38-18-26(2)36(24-40(38)66-4)46-44-30-8-6-10-34(20-30)68(56,57)58;;;;/h5-24H,1-4H3,(H,53,54,55)(H,56,57,58)(H,59,60,61)(H,62,63,64);;;;/q;4*+1/p-4/b12-11+,45-43?,46-44?,49-47?,50-48?;;;;. The third kappa shape index (κ3) is 17.4. The van der Waals surface area contributed by atoms with Crippen LogP contribution in [0.1, 0.15) is 22.3 Å². The van der Waals surface area contributed by atoms with Gasteiger partial charge in [-0.15, -0.1) is 0 Å². The second-order valence-corrected chi connectivity index (χ2v) is 19.8. The van der Waals surface area contributed by atoms with Crippen molar-refractivity contribution < 1.29 is 189 Å². The molecule has 0 saturated heterocycles. The van der Waals surface area contributed by atoms with E-state index in [9.17, 15) is 62.3 Å². The quantitative estimate of drug-likeness (QED) is 0.0230. The first-order valence-electron chi connectivity index (χ1n) is 19.3. The molecule has 0 atom stereocenters. The first kappa shape index (κ1) is 66.4. The largest absolute Gasteiger partial charge is 1.00 e. The number of aryl methyl sites for hydroxylation is 2. The molecule has 0 N–H and O–H groups in total. The zero-order chi connectivity index (χ0) is 51.3. The van der Waals surface area contributed by atoms with Crippen LogP contribution in [-0.4, -0.2) is 75.8 Å². The van der Waals surface area contributed by atoms with Crippen molar-refractivity contribution in [1.29, 1.82) is 0 Å². The summed E-state index contributed by atoms with van der Waals surface area (Å²) in [5.74, 6) is -0.183. The molecule has 0 aromatic heterocycles. The Labute approximate surface area is 512 Å². The van der Waals surface area contributed by atoms with E-state index in [0.717, 1.165) is 72.8 Å². The van der Waals surface area contributed by atoms with E-state index in [0.29, 0.717) is 11.1 Å². The monoisotopic (exact) mass is 1120 g/mol. The molecule has 0 fully saturated rings. The number of hydrogen-bond donors (Lipinski definition) is 0. The SMILES string of the molecule is COc1cc(N=Nc2cccc(S(=O)(=O)[O-])c2)c(C)cc1[N+]([O-])=Nc1ccc(/C=C/c2ccc(N=[N+]([O-])c3cc(C)c(N=Nc4cccc(S(=O)(=O)[O-])c4)cc3OC)cc2S(=O)(=O)[O-])c(S(=O)(=O)[O-])c1.[Na+].[Na+].[Na+].[Na+]. The van der Waals surface area contributed by atoms with Crippen molar-refractivity contribution in [1.82, 2.24) is 0 Å². The van der Waals surface area contributed by atoms with Crippen molar-refractivity contribution in [3.63, 3.8) is 0 Å². The predicted octanol–water partition coefficient (Wildman–Crippen LogP) is -3.19. The smallest absolute Gasteiger partial charge is 0.744 e. The van der Waals surface area contributed by atoms with E-state index in [1.807, 2.05) is 0 Å². The van der Waals surface area contributed by atoms with Gasteiger partial charge in [-0.3, -0.25) is 0 Å². The third-order valence-electron chi connectivity index (χ3n) is 9.55. The Bertz CT molecular complexity index is 3480. The van der Waals surface area contributed by atoms with Crippen LogP contribution in [0.4, 0.5) is 45.5 Å². The number of ether oxygens (including phenoxy) is 2. The fourth-order valence-electron chi connectivity index (χ4n) is 6.17. The van der Waals surface area contributed by atoms with Crippen LogP contribution in [0, 0.1) is 24.3 Å². The maximum Gasteiger partial charge on any atom is 1.00 e. The zero-order valence-corrected chi connectivity index (χ0v) is 51.6. The summed E-state index contributed by atoms with van der Waals surface area (Å²) in [7, 11) is -17.7. The van der Waals surface area contributed by atoms with Crippen molar-refractivity contribution in [2.24, 2.45) is 30.7 Å². The molecule has 0 spiro atoms. The van der Waals surface area contributed by atoms with Gasteiger partial charge in [-0.05, 0) is 106 Å². The first-order chi connectivity index (χ1) is 32.7. The Hall–Kier alpha value is -3.70. The molecular formula is C42H32N8Na4O16S4. The van der Waals surface area contributed by atoms with E-state index in [-0.39, 0.29) is 196 Å². The van der Waals surface area contributed by atoms with Crippen LogP contribution in [0.5, 0.6) is 11.5 Å². The molecule has 0 unspecified atom stereocenters. The number of rotatable bonds is 16. The Kier molecular flexibility index (Phi) is 24.7. The van der Waals surface area contributed by atoms with Crippen molar-refractivity contribution in [2.45, 2.75) is 33.4 Å². The van der Waals surface area contributed by atoms with Gasteiger partial charge < -0.3 is 38.1 Å². The van der Waals surface area contributed by atoms with Crippen LogP contribution in [0.2, 0.25) is 0 Å². The van der Waals surface area contributed by atoms with Gasteiger partial charge in [0.05, 0.1) is 56.6 Å². The van der Waals surface area contributed by atoms with Gasteiger partial charge in [-0.1, -0.05) is 36.4 Å². The molecule has 0 aliphatic rings. The Morgan fingerprint density at radius 1 is 0.446 bits per heavy atom. The van der Waals surface area contributed by atoms with E-state index in [4.69, 9.17) is 9.47 Å². The molecule has 0 aliphatic heterocycles. The summed E-state index contributed by atoms with van der Waals surface area (Å²) < 4.78 is 154. The fraction of sp³-hybridized carbons (Fsp3) is 0.0952. The molecule has 0 bridgehead atoms. The molecule has 0 heterocycles. The maximum atomic E-state index is 13.3. The Balaban J connectivity index is 0.00000469. The van der Waals surface area contributed by atoms with Gasteiger partial charge in [0.15, 0.2) is 11.5 Å². The molecule has 24 nitrogen and oxygen atoms in total. The predicted molar refractivity (Wildman–Crippen MR) is 241 cm³/mol. The van der Waals surface area contributed by atoms with E-state index < -0.39 is 60.1 Å². The average molecular weight is 1120 g/mol. The van der Waals surface area contributed by atoms with Crippen LogP contribution in [0.3, 0.4) is 0 Å². The van der Waals surface area contributed by atoms with Gasteiger partial charge in [0, 0.05) is 34.5 Å². The number of nitrogens with zero attached hydrogens (tertiary/aromatic N) is 8. The Morgan fingerprint density at radius 3 is 1.11 bits per heavy atom. The molecular weight excluding hydrogens is 1090 g/mol. The van der Waals surface area contributed by atoms with E-state index in [1.165, 1.54) is 76.6 Å². The summed E-state index contributed by atoms with van der Waals surface area (Å²) in [6.07, 6.45) is 2.02. The second-order valence-electron chi connectivity index (χ2n) is 14.4. The van der Waals surface area contributed by atoms with Gasteiger partial charge in [0.25, 0.3) is 11.4 Å². The summed E-state index contributed by atoms with van der Waals surface area (Å²) in [6, 6.07) is 20.8. The second kappa shape index (κ2) is 27.6. The minimum absolute atomic E-state index is 0. The molecule has 364 valence electrons. The molecule has 0 saturated carbocycles. The van der Waals surface area contributed by atoms with Gasteiger partial charge in [0.2, 0.25) is 0 Å². The van der Waals surface area contributed by atoms with Crippen LogP contribution in [0.25, 0.3) is 12.2 Å². The van der Waals surface area contributed by atoms with Gasteiger partial charge >= 0.3 is 118 Å². The van der Waals surface area contributed by atoms with E-state index in [1.54, 1.807) is 0 Å². The van der Waals surface area contributed by atoms with Crippen LogP contribution in [-0.2, 0) is 40.5 Å². The minimum Gasteiger partial charge on any atom is -0.744 e. The van der Waals surface area contributed by atoms with E-state index >= 15 is 0 Å². The molecule has 6 aromatic rings. The number of benzene rings is 6. The number of hydrogen-bond acceptors (Lipinski definition) is 22. The van der Waals surface area contributed by atoms with Crippen molar-refractivity contribution in [3.8, 4) is 11.5 Å². The zero-order valence-electron chi connectivity index (χ0n) is 40.3. The molecule has 0 aliphatic carbocycles. The normalized spacial score (nSPS) is 12.4. The molecule has 0 radical (unpaired) electrons. The Morgan fingerprint density at radius 2 is 0.797 bits per heavy atom. The van der Waals surface area contributed by atoms with E-state index in [2.05, 4.69) is 30.7 Å². The molecule has 6 rings (SSSR count). The molecule has 32 heteroatoms.